The number of hydrogen-bond donors (Lipinski definition) is 1. The van der Waals surface area contributed by atoms with E-state index in [9.17, 15) is 9.90 Å². The molecule has 2 aromatic rings. The minimum atomic E-state index is -0.232. The number of fused-ring (bicyclic) bond motifs is 1. The maximum atomic E-state index is 13.1. The van der Waals surface area contributed by atoms with E-state index in [1.54, 1.807) is 0 Å². The SMILES string of the molecule is CCc1ccc2c(c1)C(=Cc1cc(C(C)(C)C)c(O)c(C(C)(C)C)c1)C(=O)N2OC. The van der Waals surface area contributed by atoms with Gasteiger partial charge in [-0.1, -0.05) is 54.5 Å². The van der Waals surface area contributed by atoms with Crippen molar-refractivity contribution < 1.29 is 14.7 Å². The van der Waals surface area contributed by atoms with Crippen LogP contribution in [0.15, 0.2) is 30.3 Å². The van der Waals surface area contributed by atoms with Gasteiger partial charge in [-0.2, -0.15) is 5.06 Å². The molecule has 0 saturated carbocycles. The van der Waals surface area contributed by atoms with Crippen molar-refractivity contribution in [3.8, 4) is 5.75 Å². The maximum Gasteiger partial charge on any atom is 0.282 e. The number of phenols is 1. The van der Waals surface area contributed by atoms with E-state index in [-0.39, 0.29) is 16.7 Å². The summed E-state index contributed by atoms with van der Waals surface area (Å²) in [5.74, 6) is 0.158. The number of carbonyl (C=O) groups excluding carboxylic acids is 1. The zero-order valence-corrected chi connectivity index (χ0v) is 19.4. The predicted molar refractivity (Wildman–Crippen MR) is 124 cm³/mol. The van der Waals surface area contributed by atoms with Crippen LogP contribution in [0.25, 0.3) is 11.6 Å². The Kier molecular flexibility index (Phi) is 5.59. The fourth-order valence-corrected chi connectivity index (χ4v) is 3.90. The predicted octanol–water partition coefficient (Wildman–Crippen LogP) is 6.00. The van der Waals surface area contributed by atoms with Crippen LogP contribution in [0.4, 0.5) is 5.69 Å². The molecule has 4 heteroatoms. The minimum Gasteiger partial charge on any atom is -0.507 e. The highest BCUT2D eigenvalue weighted by molar-refractivity contribution is 6.35. The van der Waals surface area contributed by atoms with E-state index in [1.165, 1.54) is 17.7 Å². The Hall–Kier alpha value is -2.59. The van der Waals surface area contributed by atoms with Crippen LogP contribution >= 0.6 is 0 Å². The largest absolute Gasteiger partial charge is 0.507 e. The van der Waals surface area contributed by atoms with Gasteiger partial charge in [-0.15, -0.1) is 0 Å². The first-order valence-electron chi connectivity index (χ1n) is 10.5. The molecule has 30 heavy (non-hydrogen) atoms. The van der Waals surface area contributed by atoms with E-state index >= 15 is 0 Å². The number of benzene rings is 2. The van der Waals surface area contributed by atoms with Crippen molar-refractivity contribution in [1.29, 1.82) is 0 Å². The van der Waals surface area contributed by atoms with Crippen molar-refractivity contribution in [3.05, 3.63) is 58.1 Å². The van der Waals surface area contributed by atoms with E-state index in [2.05, 4.69) is 54.5 Å². The quantitative estimate of drug-likeness (QED) is 0.635. The second-order valence-corrected chi connectivity index (χ2v) is 10.0. The van der Waals surface area contributed by atoms with E-state index in [0.717, 1.165) is 34.4 Å². The second kappa shape index (κ2) is 7.59. The Labute approximate surface area is 180 Å². The fraction of sp³-hybridized carbons (Fsp3) is 0.423. The topological polar surface area (TPSA) is 49.8 Å². The Morgan fingerprint density at radius 1 is 1.00 bits per heavy atom. The highest BCUT2D eigenvalue weighted by atomic mass is 16.7. The van der Waals surface area contributed by atoms with Crippen LogP contribution in [0.2, 0.25) is 0 Å². The van der Waals surface area contributed by atoms with Gasteiger partial charge >= 0.3 is 0 Å². The van der Waals surface area contributed by atoms with Crippen LogP contribution < -0.4 is 5.06 Å². The van der Waals surface area contributed by atoms with Gasteiger partial charge in [-0.05, 0) is 58.7 Å². The first-order valence-corrected chi connectivity index (χ1v) is 10.5. The zero-order chi connectivity index (χ0) is 22.4. The number of amides is 1. The number of aromatic hydroxyl groups is 1. The van der Waals surface area contributed by atoms with Gasteiger partial charge in [-0.3, -0.25) is 9.63 Å². The van der Waals surface area contributed by atoms with Crippen LogP contribution in [0.3, 0.4) is 0 Å². The summed E-state index contributed by atoms with van der Waals surface area (Å²) in [7, 11) is 1.51. The number of hydrogen-bond acceptors (Lipinski definition) is 3. The third-order valence-electron chi connectivity index (χ3n) is 5.63. The van der Waals surface area contributed by atoms with Gasteiger partial charge in [0.2, 0.25) is 0 Å². The molecule has 0 bridgehead atoms. The van der Waals surface area contributed by atoms with Gasteiger partial charge in [0, 0.05) is 16.7 Å². The molecule has 0 aliphatic carbocycles. The number of carbonyl (C=O) groups is 1. The minimum absolute atomic E-state index is 0.177. The summed E-state index contributed by atoms with van der Waals surface area (Å²) in [5.41, 5.74) is 5.59. The molecule has 1 aliphatic heterocycles. The third-order valence-corrected chi connectivity index (χ3v) is 5.63. The van der Waals surface area contributed by atoms with Crippen molar-refractivity contribution in [2.24, 2.45) is 0 Å². The summed E-state index contributed by atoms with van der Waals surface area (Å²) in [6.45, 7) is 14.6. The Balaban J connectivity index is 2.26. The number of phenolic OH excluding ortho intramolecular Hbond substituents is 1. The molecular formula is C26H33NO3. The molecule has 3 rings (SSSR count). The lowest BCUT2D eigenvalue weighted by molar-refractivity contribution is -0.118. The molecule has 0 atom stereocenters. The number of rotatable bonds is 3. The summed E-state index contributed by atoms with van der Waals surface area (Å²) in [4.78, 5) is 18.5. The molecule has 0 aromatic heterocycles. The van der Waals surface area contributed by atoms with Crippen LogP contribution in [0, 0.1) is 0 Å². The normalized spacial score (nSPS) is 15.8. The molecule has 1 N–H and O–H groups in total. The molecular weight excluding hydrogens is 374 g/mol. The monoisotopic (exact) mass is 407 g/mol. The molecule has 1 heterocycles. The number of aryl methyl sites for hydroxylation is 1. The third kappa shape index (κ3) is 3.89. The molecule has 1 aliphatic rings. The summed E-state index contributed by atoms with van der Waals surface area (Å²) < 4.78 is 0. The standard InChI is InChI=1S/C26H33NO3/c1-9-16-10-11-22-18(12-16)19(24(29)27(22)30-8)13-17-14-20(25(2,3)4)23(28)21(15-17)26(5,6)7/h10-15,28H,9H2,1-8H3. The Morgan fingerprint density at radius 3 is 2.03 bits per heavy atom. The molecule has 2 aromatic carbocycles. The van der Waals surface area contributed by atoms with Crippen molar-refractivity contribution in [2.45, 2.75) is 65.7 Å². The lowest BCUT2D eigenvalue weighted by Gasteiger charge is -2.28. The van der Waals surface area contributed by atoms with Crippen molar-refractivity contribution in [1.82, 2.24) is 0 Å². The van der Waals surface area contributed by atoms with Crippen LogP contribution in [0.5, 0.6) is 5.75 Å². The Morgan fingerprint density at radius 2 is 1.57 bits per heavy atom. The molecule has 0 unspecified atom stereocenters. The number of hydroxylamine groups is 1. The molecule has 1 amide bonds. The summed E-state index contributed by atoms with van der Waals surface area (Å²) >= 11 is 0. The van der Waals surface area contributed by atoms with Gasteiger partial charge in [0.1, 0.15) is 5.75 Å². The van der Waals surface area contributed by atoms with Gasteiger partial charge in [0.25, 0.3) is 5.91 Å². The molecule has 0 fully saturated rings. The van der Waals surface area contributed by atoms with E-state index in [0.29, 0.717) is 11.3 Å². The molecule has 0 radical (unpaired) electrons. The summed E-state index contributed by atoms with van der Waals surface area (Å²) in [5, 5.41) is 12.3. The lowest BCUT2D eigenvalue weighted by Crippen LogP contribution is -2.24. The smallest absolute Gasteiger partial charge is 0.282 e. The van der Waals surface area contributed by atoms with E-state index in [4.69, 9.17) is 4.84 Å². The van der Waals surface area contributed by atoms with E-state index < -0.39 is 0 Å². The maximum absolute atomic E-state index is 13.1. The van der Waals surface area contributed by atoms with Crippen molar-refractivity contribution >= 4 is 23.2 Å². The highest BCUT2D eigenvalue weighted by Crippen LogP contribution is 2.42. The molecule has 4 nitrogen and oxygen atoms in total. The first-order chi connectivity index (χ1) is 13.9. The number of nitrogens with zero attached hydrogens (tertiary/aromatic N) is 1. The highest BCUT2D eigenvalue weighted by Gasteiger charge is 2.33. The number of anilines is 1. The molecule has 160 valence electrons. The van der Waals surface area contributed by atoms with Gasteiger partial charge < -0.3 is 5.11 Å². The zero-order valence-electron chi connectivity index (χ0n) is 19.4. The summed E-state index contributed by atoms with van der Waals surface area (Å²) in [6.07, 6.45) is 2.81. The van der Waals surface area contributed by atoms with Crippen molar-refractivity contribution in [2.75, 3.05) is 12.2 Å². The second-order valence-electron chi connectivity index (χ2n) is 10.0. The van der Waals surface area contributed by atoms with Gasteiger partial charge in [0.05, 0.1) is 18.4 Å². The Bertz CT molecular complexity index is 985. The fourth-order valence-electron chi connectivity index (χ4n) is 3.90. The molecule has 0 saturated heterocycles. The van der Waals surface area contributed by atoms with Crippen LogP contribution in [-0.4, -0.2) is 18.1 Å². The first kappa shape index (κ1) is 22.1. The van der Waals surface area contributed by atoms with E-state index in [1.807, 2.05) is 30.3 Å². The van der Waals surface area contributed by atoms with Gasteiger partial charge in [0.15, 0.2) is 0 Å². The average molecular weight is 408 g/mol. The van der Waals surface area contributed by atoms with Crippen LogP contribution in [0.1, 0.15) is 76.3 Å². The molecule has 0 spiro atoms. The summed E-state index contributed by atoms with van der Waals surface area (Å²) in [6, 6.07) is 10.0. The van der Waals surface area contributed by atoms with Crippen molar-refractivity contribution in [3.63, 3.8) is 0 Å². The van der Waals surface area contributed by atoms with Crippen LogP contribution in [-0.2, 0) is 26.9 Å². The van der Waals surface area contributed by atoms with Gasteiger partial charge in [-0.25, -0.2) is 0 Å². The average Bonchev–Trinajstić information content (AvgIpc) is 2.91. The lowest BCUT2D eigenvalue weighted by atomic mass is 9.78.